The van der Waals surface area contributed by atoms with Gasteiger partial charge >= 0.3 is 5.97 Å². The molecule has 2 aromatic rings. The molecule has 1 N–H and O–H groups in total. The molecule has 1 aromatic carbocycles. The molecule has 1 saturated carbocycles. The standard InChI is InChI=1S/C20H24N2O4S/c1-3-25-17-7-5-4-6-16(17)20-22-15(12-27-20)10-19(24)26-11-18(23)21-13(2)14-8-9-14/h4-7,12-14H,3,8-11H2,1-2H3,(H,21,23). The van der Waals surface area contributed by atoms with E-state index in [2.05, 4.69) is 10.3 Å². The van der Waals surface area contributed by atoms with Crippen molar-refractivity contribution in [3.63, 3.8) is 0 Å². The first kappa shape index (κ1) is 19.4. The third-order valence-electron chi connectivity index (χ3n) is 4.38. The summed E-state index contributed by atoms with van der Waals surface area (Å²) in [6, 6.07) is 7.82. The van der Waals surface area contributed by atoms with E-state index < -0.39 is 5.97 Å². The van der Waals surface area contributed by atoms with Gasteiger partial charge in [-0.1, -0.05) is 12.1 Å². The highest BCUT2D eigenvalue weighted by Crippen LogP contribution is 2.33. The average Bonchev–Trinajstić information content (AvgIpc) is 3.41. The topological polar surface area (TPSA) is 77.5 Å². The molecule has 1 heterocycles. The Hall–Kier alpha value is -2.41. The van der Waals surface area contributed by atoms with E-state index in [1.54, 1.807) is 0 Å². The number of carbonyl (C=O) groups is 2. The highest BCUT2D eigenvalue weighted by atomic mass is 32.1. The van der Waals surface area contributed by atoms with Crippen LogP contribution in [-0.2, 0) is 20.7 Å². The zero-order valence-corrected chi connectivity index (χ0v) is 16.4. The van der Waals surface area contributed by atoms with Gasteiger partial charge in [0, 0.05) is 11.4 Å². The van der Waals surface area contributed by atoms with Gasteiger partial charge in [-0.15, -0.1) is 11.3 Å². The summed E-state index contributed by atoms with van der Waals surface area (Å²) in [5, 5.41) is 5.48. The third-order valence-corrected chi connectivity index (χ3v) is 5.30. The van der Waals surface area contributed by atoms with E-state index in [4.69, 9.17) is 9.47 Å². The van der Waals surface area contributed by atoms with Gasteiger partial charge in [-0.3, -0.25) is 9.59 Å². The normalized spacial score (nSPS) is 14.4. The number of amides is 1. The van der Waals surface area contributed by atoms with Gasteiger partial charge in [-0.2, -0.15) is 0 Å². The van der Waals surface area contributed by atoms with Gasteiger partial charge in [0.05, 0.1) is 24.3 Å². The van der Waals surface area contributed by atoms with E-state index in [0.717, 1.165) is 29.2 Å². The van der Waals surface area contributed by atoms with E-state index in [0.29, 0.717) is 18.2 Å². The Balaban J connectivity index is 1.51. The van der Waals surface area contributed by atoms with Crippen LogP contribution in [0.5, 0.6) is 5.75 Å². The molecule has 0 radical (unpaired) electrons. The van der Waals surface area contributed by atoms with Crippen molar-refractivity contribution >= 4 is 23.2 Å². The fraction of sp³-hybridized carbons (Fsp3) is 0.450. The molecule has 1 aromatic heterocycles. The van der Waals surface area contributed by atoms with Crippen LogP contribution in [0.3, 0.4) is 0 Å². The molecule has 6 nitrogen and oxygen atoms in total. The Labute approximate surface area is 162 Å². The van der Waals surface area contributed by atoms with Gasteiger partial charge in [0.2, 0.25) is 0 Å². The summed E-state index contributed by atoms with van der Waals surface area (Å²) in [5.74, 6) is 0.620. The molecule has 1 amide bonds. The number of aromatic nitrogens is 1. The number of ether oxygens (including phenoxy) is 2. The number of para-hydroxylation sites is 1. The third kappa shape index (κ3) is 5.53. The summed E-state index contributed by atoms with van der Waals surface area (Å²) >= 11 is 1.45. The molecule has 0 saturated heterocycles. The largest absolute Gasteiger partial charge is 0.493 e. The van der Waals surface area contributed by atoms with Crippen LogP contribution in [-0.4, -0.2) is 36.1 Å². The maximum Gasteiger partial charge on any atom is 0.312 e. The Morgan fingerprint density at radius 1 is 1.33 bits per heavy atom. The van der Waals surface area contributed by atoms with Crippen LogP contribution in [0.2, 0.25) is 0 Å². The molecule has 0 spiro atoms. The second-order valence-electron chi connectivity index (χ2n) is 6.60. The SMILES string of the molecule is CCOc1ccccc1-c1nc(CC(=O)OCC(=O)NC(C)C2CC2)cs1. The fourth-order valence-corrected chi connectivity index (χ4v) is 3.64. The minimum atomic E-state index is -0.459. The van der Waals surface area contributed by atoms with E-state index in [9.17, 15) is 9.59 Å². The van der Waals surface area contributed by atoms with Gasteiger partial charge in [-0.05, 0) is 44.7 Å². The lowest BCUT2D eigenvalue weighted by molar-refractivity contribution is -0.148. The first-order valence-corrected chi connectivity index (χ1v) is 10.1. The smallest absolute Gasteiger partial charge is 0.312 e. The lowest BCUT2D eigenvalue weighted by atomic mass is 10.2. The van der Waals surface area contributed by atoms with Gasteiger partial charge in [0.15, 0.2) is 6.61 Å². The molecule has 0 bridgehead atoms. The molecular formula is C20H24N2O4S. The van der Waals surface area contributed by atoms with Crippen molar-refractivity contribution in [3.8, 4) is 16.3 Å². The highest BCUT2D eigenvalue weighted by molar-refractivity contribution is 7.13. The van der Waals surface area contributed by atoms with Crippen molar-refractivity contribution in [3.05, 3.63) is 35.3 Å². The lowest BCUT2D eigenvalue weighted by Crippen LogP contribution is -2.37. The summed E-state index contributed by atoms with van der Waals surface area (Å²) in [4.78, 5) is 28.3. The molecule has 27 heavy (non-hydrogen) atoms. The molecule has 0 aliphatic heterocycles. The molecule has 1 aliphatic rings. The fourth-order valence-electron chi connectivity index (χ4n) is 2.79. The molecule has 1 atom stereocenters. The lowest BCUT2D eigenvalue weighted by Gasteiger charge is -2.12. The second-order valence-corrected chi connectivity index (χ2v) is 7.46. The Bertz CT molecular complexity index is 801. The maximum absolute atomic E-state index is 12.0. The van der Waals surface area contributed by atoms with Crippen LogP contribution in [0.1, 0.15) is 32.4 Å². The maximum atomic E-state index is 12.0. The van der Waals surface area contributed by atoms with Crippen molar-refractivity contribution < 1.29 is 19.1 Å². The minimum Gasteiger partial charge on any atom is -0.493 e. The van der Waals surface area contributed by atoms with E-state index >= 15 is 0 Å². The molecule has 1 fully saturated rings. The zero-order chi connectivity index (χ0) is 19.2. The van der Waals surface area contributed by atoms with E-state index in [1.807, 2.05) is 43.5 Å². The second kappa shape index (κ2) is 8.99. The number of carbonyl (C=O) groups excluding carboxylic acids is 2. The van der Waals surface area contributed by atoms with Crippen LogP contribution >= 0.6 is 11.3 Å². The van der Waals surface area contributed by atoms with E-state index in [1.165, 1.54) is 11.3 Å². The van der Waals surface area contributed by atoms with Gasteiger partial charge in [0.1, 0.15) is 10.8 Å². The van der Waals surface area contributed by atoms with Crippen LogP contribution in [0.15, 0.2) is 29.6 Å². The van der Waals surface area contributed by atoms with Crippen LogP contribution < -0.4 is 10.1 Å². The average molecular weight is 388 g/mol. The van der Waals surface area contributed by atoms with Crippen molar-refractivity contribution in [1.29, 1.82) is 0 Å². The summed E-state index contributed by atoms with van der Waals surface area (Å²) in [6.07, 6.45) is 2.35. The number of nitrogens with one attached hydrogen (secondary N) is 1. The number of thiazole rings is 1. The van der Waals surface area contributed by atoms with Crippen LogP contribution in [0.4, 0.5) is 0 Å². The predicted octanol–water partition coefficient (Wildman–Crippen LogP) is 3.21. The zero-order valence-electron chi connectivity index (χ0n) is 15.6. The molecular weight excluding hydrogens is 364 g/mol. The Morgan fingerprint density at radius 3 is 2.85 bits per heavy atom. The monoisotopic (exact) mass is 388 g/mol. The summed E-state index contributed by atoms with van der Waals surface area (Å²) in [7, 11) is 0. The number of nitrogens with zero attached hydrogens (tertiary/aromatic N) is 1. The van der Waals surface area contributed by atoms with Crippen LogP contribution in [0, 0.1) is 5.92 Å². The Kier molecular flexibility index (Phi) is 6.45. The van der Waals surface area contributed by atoms with Gasteiger partial charge in [-0.25, -0.2) is 4.98 Å². The Morgan fingerprint density at radius 2 is 2.11 bits per heavy atom. The van der Waals surface area contributed by atoms with Gasteiger partial charge in [0.25, 0.3) is 5.91 Å². The number of hydrogen-bond acceptors (Lipinski definition) is 6. The molecule has 144 valence electrons. The molecule has 3 rings (SSSR count). The first-order chi connectivity index (χ1) is 13.1. The minimum absolute atomic E-state index is 0.0404. The quantitative estimate of drug-likeness (QED) is 0.668. The van der Waals surface area contributed by atoms with Crippen molar-refractivity contribution in [1.82, 2.24) is 10.3 Å². The summed E-state index contributed by atoms with van der Waals surface area (Å²) in [5.41, 5.74) is 1.52. The number of benzene rings is 1. The van der Waals surface area contributed by atoms with E-state index in [-0.39, 0.29) is 25.0 Å². The molecule has 1 aliphatic carbocycles. The number of esters is 1. The number of hydrogen-bond donors (Lipinski definition) is 1. The summed E-state index contributed by atoms with van der Waals surface area (Å²) in [6.45, 7) is 4.24. The molecule has 7 heteroatoms. The first-order valence-electron chi connectivity index (χ1n) is 9.18. The number of rotatable bonds is 9. The predicted molar refractivity (Wildman–Crippen MR) is 104 cm³/mol. The van der Waals surface area contributed by atoms with Crippen molar-refractivity contribution in [2.45, 2.75) is 39.2 Å². The highest BCUT2D eigenvalue weighted by Gasteiger charge is 2.29. The van der Waals surface area contributed by atoms with Crippen LogP contribution in [0.25, 0.3) is 10.6 Å². The van der Waals surface area contributed by atoms with Crippen molar-refractivity contribution in [2.75, 3.05) is 13.2 Å². The summed E-state index contributed by atoms with van der Waals surface area (Å²) < 4.78 is 10.7. The van der Waals surface area contributed by atoms with Gasteiger partial charge < -0.3 is 14.8 Å². The van der Waals surface area contributed by atoms with Crippen molar-refractivity contribution in [2.24, 2.45) is 5.92 Å². The molecule has 1 unspecified atom stereocenters.